The van der Waals surface area contributed by atoms with E-state index in [2.05, 4.69) is 9.97 Å². The van der Waals surface area contributed by atoms with Crippen LogP contribution in [-0.2, 0) is 16.1 Å². The van der Waals surface area contributed by atoms with E-state index in [4.69, 9.17) is 11.6 Å². The third kappa shape index (κ3) is 2.32. The van der Waals surface area contributed by atoms with Gasteiger partial charge in [-0.25, -0.2) is 9.97 Å². The maximum atomic E-state index is 11.9. The third-order valence-corrected chi connectivity index (χ3v) is 5.17. The van der Waals surface area contributed by atoms with Gasteiger partial charge in [-0.3, -0.25) is 14.5 Å². The predicted octanol–water partition coefficient (Wildman–Crippen LogP) is 2.86. The predicted molar refractivity (Wildman–Crippen MR) is 81.2 cm³/mol. The standard InChI is InChI=1S/C14H14ClN3O2S/c1-6-4-10(19)18(14(6)20)5-9-16-12(15)11-7(2)8(3)21-13(11)17-9/h6H,4-5H2,1-3H3. The Morgan fingerprint density at radius 1 is 1.33 bits per heavy atom. The molecular weight excluding hydrogens is 310 g/mol. The average Bonchev–Trinajstić information content (AvgIpc) is 2.82. The number of halogens is 1. The van der Waals surface area contributed by atoms with E-state index in [1.165, 1.54) is 4.90 Å². The molecule has 5 nitrogen and oxygen atoms in total. The SMILES string of the molecule is Cc1sc2nc(CN3C(=O)CC(C)C3=O)nc(Cl)c2c1C. The number of carbonyl (C=O) groups is 2. The number of hydrogen-bond acceptors (Lipinski definition) is 5. The number of carbonyl (C=O) groups excluding carboxylic acids is 2. The van der Waals surface area contributed by atoms with Gasteiger partial charge in [0.05, 0.1) is 11.9 Å². The molecule has 1 atom stereocenters. The Kier molecular flexibility index (Phi) is 3.45. The van der Waals surface area contributed by atoms with Crippen LogP contribution in [-0.4, -0.2) is 26.7 Å². The summed E-state index contributed by atoms with van der Waals surface area (Å²) in [6, 6.07) is 0. The highest BCUT2D eigenvalue weighted by atomic mass is 35.5. The van der Waals surface area contributed by atoms with E-state index in [1.54, 1.807) is 18.3 Å². The van der Waals surface area contributed by atoms with Crippen LogP contribution in [0.4, 0.5) is 0 Å². The summed E-state index contributed by atoms with van der Waals surface area (Å²) in [7, 11) is 0. The van der Waals surface area contributed by atoms with E-state index in [0.717, 1.165) is 20.7 Å². The summed E-state index contributed by atoms with van der Waals surface area (Å²) in [6.07, 6.45) is 0.256. The summed E-state index contributed by atoms with van der Waals surface area (Å²) in [5, 5.41) is 1.24. The molecule has 1 aliphatic rings. The molecule has 2 aromatic rings. The first-order valence-electron chi connectivity index (χ1n) is 6.64. The van der Waals surface area contributed by atoms with Crippen molar-refractivity contribution in [3.63, 3.8) is 0 Å². The van der Waals surface area contributed by atoms with Crippen molar-refractivity contribution in [1.82, 2.24) is 14.9 Å². The van der Waals surface area contributed by atoms with E-state index in [-0.39, 0.29) is 30.7 Å². The summed E-state index contributed by atoms with van der Waals surface area (Å²) >= 11 is 7.78. The van der Waals surface area contributed by atoms with Crippen LogP contribution in [0.15, 0.2) is 0 Å². The van der Waals surface area contributed by atoms with Gasteiger partial charge in [-0.2, -0.15) is 0 Å². The van der Waals surface area contributed by atoms with Gasteiger partial charge in [-0.1, -0.05) is 18.5 Å². The zero-order chi connectivity index (χ0) is 15.3. The van der Waals surface area contributed by atoms with Crippen LogP contribution in [0.2, 0.25) is 5.15 Å². The molecule has 0 spiro atoms. The minimum atomic E-state index is -0.261. The number of likely N-dealkylation sites (tertiary alicyclic amines) is 1. The first-order valence-corrected chi connectivity index (χ1v) is 7.84. The quantitative estimate of drug-likeness (QED) is 0.629. The molecule has 1 saturated heterocycles. The molecule has 0 radical (unpaired) electrons. The topological polar surface area (TPSA) is 63.2 Å². The maximum absolute atomic E-state index is 11.9. The zero-order valence-electron chi connectivity index (χ0n) is 11.9. The van der Waals surface area contributed by atoms with E-state index in [9.17, 15) is 9.59 Å². The smallest absolute Gasteiger partial charge is 0.232 e. The second-order valence-electron chi connectivity index (χ2n) is 5.32. The molecule has 3 rings (SSSR count). The van der Waals surface area contributed by atoms with Crippen molar-refractivity contribution in [3.8, 4) is 0 Å². The van der Waals surface area contributed by atoms with Gasteiger partial charge < -0.3 is 0 Å². The second-order valence-corrected chi connectivity index (χ2v) is 6.88. The molecule has 21 heavy (non-hydrogen) atoms. The Morgan fingerprint density at radius 2 is 2.05 bits per heavy atom. The lowest BCUT2D eigenvalue weighted by Crippen LogP contribution is -2.30. The molecule has 0 bridgehead atoms. The molecule has 1 fully saturated rings. The van der Waals surface area contributed by atoms with Crippen molar-refractivity contribution in [2.75, 3.05) is 0 Å². The van der Waals surface area contributed by atoms with Crippen LogP contribution in [0, 0.1) is 19.8 Å². The molecule has 0 N–H and O–H groups in total. The normalized spacial score (nSPS) is 19.0. The van der Waals surface area contributed by atoms with Crippen molar-refractivity contribution in [2.24, 2.45) is 5.92 Å². The Balaban J connectivity index is 1.99. The molecule has 1 unspecified atom stereocenters. The molecule has 0 aliphatic carbocycles. The monoisotopic (exact) mass is 323 g/mol. The number of aryl methyl sites for hydroxylation is 2. The Labute approximate surface area is 130 Å². The van der Waals surface area contributed by atoms with Gasteiger partial charge >= 0.3 is 0 Å². The first kappa shape index (κ1) is 14.4. The van der Waals surface area contributed by atoms with Crippen molar-refractivity contribution in [3.05, 3.63) is 21.4 Å². The van der Waals surface area contributed by atoms with E-state index in [0.29, 0.717) is 11.0 Å². The maximum Gasteiger partial charge on any atom is 0.232 e. The van der Waals surface area contributed by atoms with Gasteiger partial charge in [0.25, 0.3) is 0 Å². The number of aromatic nitrogens is 2. The number of amides is 2. The number of hydrogen-bond donors (Lipinski definition) is 0. The average molecular weight is 324 g/mol. The molecule has 2 aromatic heterocycles. The van der Waals surface area contributed by atoms with Gasteiger partial charge in [0, 0.05) is 17.2 Å². The number of nitrogens with zero attached hydrogens (tertiary/aromatic N) is 3. The Bertz CT molecular complexity index is 771. The lowest BCUT2D eigenvalue weighted by Gasteiger charge is -2.13. The Hall–Kier alpha value is -1.53. The fourth-order valence-corrected chi connectivity index (χ4v) is 3.90. The molecule has 1 aliphatic heterocycles. The van der Waals surface area contributed by atoms with Gasteiger partial charge in [-0.05, 0) is 19.4 Å². The van der Waals surface area contributed by atoms with Crippen molar-refractivity contribution in [2.45, 2.75) is 33.7 Å². The van der Waals surface area contributed by atoms with Gasteiger partial charge in [0.1, 0.15) is 9.98 Å². The van der Waals surface area contributed by atoms with Gasteiger partial charge in [-0.15, -0.1) is 11.3 Å². The summed E-state index contributed by atoms with van der Waals surface area (Å²) < 4.78 is 0. The molecular formula is C14H14ClN3O2S. The summed E-state index contributed by atoms with van der Waals surface area (Å²) in [5.74, 6) is -0.198. The summed E-state index contributed by atoms with van der Waals surface area (Å²) in [4.78, 5) is 35.6. The fourth-order valence-electron chi connectivity index (χ4n) is 2.47. The van der Waals surface area contributed by atoms with Crippen LogP contribution in [0.25, 0.3) is 10.2 Å². The van der Waals surface area contributed by atoms with Crippen molar-refractivity contribution in [1.29, 1.82) is 0 Å². The van der Waals surface area contributed by atoms with Crippen LogP contribution in [0.3, 0.4) is 0 Å². The minimum absolute atomic E-state index is 0.0909. The number of fused-ring (bicyclic) bond motifs is 1. The van der Waals surface area contributed by atoms with Crippen LogP contribution in [0.1, 0.15) is 29.6 Å². The summed E-state index contributed by atoms with van der Waals surface area (Å²) in [6.45, 7) is 5.84. The van der Waals surface area contributed by atoms with Gasteiger partial charge in [0.15, 0.2) is 5.82 Å². The van der Waals surface area contributed by atoms with Crippen LogP contribution >= 0.6 is 22.9 Å². The minimum Gasteiger partial charge on any atom is -0.275 e. The highest BCUT2D eigenvalue weighted by Gasteiger charge is 2.36. The molecule has 7 heteroatoms. The lowest BCUT2D eigenvalue weighted by molar-refractivity contribution is -0.140. The third-order valence-electron chi connectivity index (χ3n) is 3.80. The number of rotatable bonds is 2. The summed E-state index contributed by atoms with van der Waals surface area (Å²) in [5.41, 5.74) is 1.08. The molecule has 110 valence electrons. The van der Waals surface area contributed by atoms with Gasteiger partial charge in [0.2, 0.25) is 11.8 Å². The fraction of sp³-hybridized carbons (Fsp3) is 0.429. The molecule has 0 saturated carbocycles. The number of thiophene rings is 1. The lowest BCUT2D eigenvalue weighted by atomic mass is 10.1. The highest BCUT2D eigenvalue weighted by molar-refractivity contribution is 7.18. The second kappa shape index (κ2) is 5.03. The first-order chi connectivity index (χ1) is 9.88. The van der Waals surface area contributed by atoms with E-state index in [1.807, 2.05) is 13.8 Å². The Morgan fingerprint density at radius 3 is 2.67 bits per heavy atom. The van der Waals surface area contributed by atoms with Crippen molar-refractivity contribution >= 4 is 45.0 Å². The highest BCUT2D eigenvalue weighted by Crippen LogP contribution is 2.33. The van der Waals surface area contributed by atoms with Crippen LogP contribution < -0.4 is 0 Å². The largest absolute Gasteiger partial charge is 0.275 e. The number of imide groups is 1. The van der Waals surface area contributed by atoms with E-state index < -0.39 is 0 Å². The molecule has 2 amide bonds. The van der Waals surface area contributed by atoms with Crippen molar-refractivity contribution < 1.29 is 9.59 Å². The van der Waals surface area contributed by atoms with Crippen LogP contribution in [0.5, 0.6) is 0 Å². The zero-order valence-corrected chi connectivity index (χ0v) is 13.5. The molecule has 3 heterocycles. The molecule has 0 aromatic carbocycles. The van der Waals surface area contributed by atoms with E-state index >= 15 is 0 Å².